The first-order valence-electron chi connectivity index (χ1n) is 8.34. The van der Waals surface area contributed by atoms with Crippen LogP contribution in [0.2, 0.25) is 0 Å². The summed E-state index contributed by atoms with van der Waals surface area (Å²) in [6.45, 7) is 5.44. The molecule has 0 unspecified atom stereocenters. The van der Waals surface area contributed by atoms with Crippen molar-refractivity contribution in [1.82, 2.24) is 25.1 Å². The van der Waals surface area contributed by atoms with Crippen LogP contribution in [0.25, 0.3) is 0 Å². The number of hydrogen-bond acceptors (Lipinski definition) is 5. The van der Waals surface area contributed by atoms with E-state index in [2.05, 4.69) is 20.2 Å². The summed E-state index contributed by atoms with van der Waals surface area (Å²) in [4.78, 5) is 22.3. The van der Waals surface area contributed by atoms with Gasteiger partial charge in [-0.05, 0) is 25.8 Å². The lowest BCUT2D eigenvalue weighted by molar-refractivity contribution is -0.132. The predicted octanol–water partition coefficient (Wildman–Crippen LogP) is 1.82. The second kappa shape index (κ2) is 7.42. The van der Waals surface area contributed by atoms with Crippen LogP contribution in [-0.2, 0) is 11.2 Å². The van der Waals surface area contributed by atoms with Crippen molar-refractivity contribution >= 4 is 5.91 Å². The van der Waals surface area contributed by atoms with E-state index in [0.717, 1.165) is 49.3 Å². The van der Waals surface area contributed by atoms with Gasteiger partial charge in [0.2, 0.25) is 11.8 Å². The van der Waals surface area contributed by atoms with Gasteiger partial charge < -0.3 is 9.64 Å². The number of nitrogens with one attached hydrogen (secondary N) is 1. The van der Waals surface area contributed by atoms with Crippen LogP contribution in [0.3, 0.4) is 0 Å². The molecule has 0 radical (unpaired) electrons. The van der Waals surface area contributed by atoms with Gasteiger partial charge in [0.05, 0.1) is 5.69 Å². The van der Waals surface area contributed by atoms with Crippen LogP contribution in [0.15, 0.2) is 18.6 Å². The maximum Gasteiger partial charge on any atom is 0.222 e. The van der Waals surface area contributed by atoms with Crippen molar-refractivity contribution in [2.75, 3.05) is 13.1 Å². The van der Waals surface area contributed by atoms with E-state index in [0.29, 0.717) is 12.3 Å². The first-order chi connectivity index (χ1) is 11.6. The second-order valence-electron chi connectivity index (χ2n) is 6.16. The van der Waals surface area contributed by atoms with Crippen LogP contribution in [0.5, 0.6) is 5.88 Å². The number of carbonyl (C=O) groups excluding carboxylic acids is 1. The van der Waals surface area contributed by atoms with E-state index in [-0.39, 0.29) is 12.0 Å². The molecule has 1 aliphatic rings. The molecule has 0 spiro atoms. The molecule has 1 fully saturated rings. The molecule has 2 aromatic rings. The molecular weight excluding hydrogens is 306 g/mol. The Balaban J connectivity index is 1.45. The molecule has 3 rings (SSSR count). The number of aryl methyl sites for hydroxylation is 2. The zero-order valence-electron chi connectivity index (χ0n) is 14.2. The number of hydrogen-bond donors (Lipinski definition) is 1. The summed E-state index contributed by atoms with van der Waals surface area (Å²) >= 11 is 0. The Morgan fingerprint density at radius 2 is 2.17 bits per heavy atom. The molecule has 3 heterocycles. The number of rotatable bonds is 5. The summed E-state index contributed by atoms with van der Waals surface area (Å²) in [5.74, 6) is 0.802. The number of ether oxygens (including phenoxy) is 1. The fourth-order valence-corrected chi connectivity index (χ4v) is 3.07. The van der Waals surface area contributed by atoms with Crippen LogP contribution in [0, 0.1) is 13.8 Å². The third kappa shape index (κ3) is 3.90. The minimum atomic E-state index is 0.113. The topological polar surface area (TPSA) is 84.0 Å². The number of nitrogens with zero attached hydrogens (tertiary/aromatic N) is 4. The zero-order chi connectivity index (χ0) is 16.9. The molecule has 1 saturated heterocycles. The largest absolute Gasteiger partial charge is 0.474 e. The Hall–Kier alpha value is -2.44. The number of aromatic nitrogens is 4. The van der Waals surface area contributed by atoms with E-state index < -0.39 is 0 Å². The van der Waals surface area contributed by atoms with E-state index >= 15 is 0 Å². The quantitative estimate of drug-likeness (QED) is 0.904. The summed E-state index contributed by atoms with van der Waals surface area (Å²) in [6.07, 6.45) is 6.19. The Labute approximate surface area is 141 Å². The molecule has 128 valence electrons. The van der Waals surface area contributed by atoms with Gasteiger partial charge in [-0.25, -0.2) is 9.97 Å². The SMILES string of the molecule is Cc1n[nH]c(C)c1CCC(=O)N1CCC(Oc2ccncn2)CC1. The lowest BCUT2D eigenvalue weighted by Gasteiger charge is -2.32. The number of amides is 1. The van der Waals surface area contributed by atoms with Gasteiger partial charge in [0.25, 0.3) is 0 Å². The fourth-order valence-electron chi connectivity index (χ4n) is 3.07. The smallest absolute Gasteiger partial charge is 0.222 e. The third-order valence-electron chi connectivity index (χ3n) is 4.51. The van der Waals surface area contributed by atoms with Gasteiger partial charge in [-0.3, -0.25) is 9.89 Å². The molecule has 0 atom stereocenters. The summed E-state index contributed by atoms with van der Waals surface area (Å²) < 4.78 is 5.83. The number of aromatic amines is 1. The van der Waals surface area contributed by atoms with Crippen molar-refractivity contribution in [3.8, 4) is 5.88 Å². The minimum absolute atomic E-state index is 0.113. The second-order valence-corrected chi connectivity index (χ2v) is 6.16. The van der Waals surface area contributed by atoms with Crippen molar-refractivity contribution in [3.63, 3.8) is 0 Å². The van der Waals surface area contributed by atoms with E-state index in [1.54, 1.807) is 12.3 Å². The van der Waals surface area contributed by atoms with E-state index in [1.807, 2.05) is 18.7 Å². The monoisotopic (exact) mass is 329 g/mol. The van der Waals surface area contributed by atoms with Gasteiger partial charge in [-0.1, -0.05) is 0 Å². The summed E-state index contributed by atoms with van der Waals surface area (Å²) in [6, 6.07) is 1.76. The Morgan fingerprint density at radius 1 is 1.38 bits per heavy atom. The van der Waals surface area contributed by atoms with E-state index in [9.17, 15) is 4.79 Å². The molecular formula is C17H23N5O2. The van der Waals surface area contributed by atoms with E-state index in [1.165, 1.54) is 6.33 Å². The van der Waals surface area contributed by atoms with Crippen molar-refractivity contribution in [2.45, 2.75) is 45.6 Å². The predicted molar refractivity (Wildman–Crippen MR) is 88.6 cm³/mol. The third-order valence-corrected chi connectivity index (χ3v) is 4.51. The van der Waals surface area contributed by atoms with Crippen molar-refractivity contribution in [2.24, 2.45) is 0 Å². The number of piperidine rings is 1. The molecule has 7 heteroatoms. The minimum Gasteiger partial charge on any atom is -0.474 e. The summed E-state index contributed by atoms with van der Waals surface area (Å²) in [7, 11) is 0. The van der Waals surface area contributed by atoms with Gasteiger partial charge in [0.15, 0.2) is 0 Å². The highest BCUT2D eigenvalue weighted by Crippen LogP contribution is 2.18. The van der Waals surface area contributed by atoms with Crippen LogP contribution in [-0.4, -0.2) is 50.2 Å². The lowest BCUT2D eigenvalue weighted by Crippen LogP contribution is -2.42. The normalized spacial score (nSPS) is 15.5. The first kappa shape index (κ1) is 16.4. The molecule has 0 saturated carbocycles. The van der Waals surface area contributed by atoms with Crippen LogP contribution < -0.4 is 4.74 Å². The molecule has 2 aromatic heterocycles. The standard InChI is InChI=1S/C17H23N5O2/c1-12-15(13(2)21-20-12)3-4-17(23)22-9-6-14(7-10-22)24-16-5-8-18-11-19-16/h5,8,11,14H,3-4,6-7,9-10H2,1-2H3,(H,20,21). The molecule has 7 nitrogen and oxygen atoms in total. The van der Waals surface area contributed by atoms with Crippen LogP contribution >= 0.6 is 0 Å². The molecule has 1 amide bonds. The van der Waals surface area contributed by atoms with Crippen molar-refractivity contribution in [3.05, 3.63) is 35.5 Å². The van der Waals surface area contributed by atoms with E-state index in [4.69, 9.17) is 4.74 Å². The average molecular weight is 329 g/mol. The zero-order valence-corrected chi connectivity index (χ0v) is 14.2. The van der Waals surface area contributed by atoms with Gasteiger partial charge >= 0.3 is 0 Å². The van der Waals surface area contributed by atoms with Gasteiger partial charge in [-0.2, -0.15) is 5.10 Å². The highest BCUT2D eigenvalue weighted by molar-refractivity contribution is 5.76. The molecule has 1 N–H and O–H groups in total. The highest BCUT2D eigenvalue weighted by Gasteiger charge is 2.24. The fraction of sp³-hybridized carbons (Fsp3) is 0.529. The molecule has 0 bridgehead atoms. The summed E-state index contributed by atoms with van der Waals surface area (Å²) in [5, 5.41) is 7.15. The number of likely N-dealkylation sites (tertiary alicyclic amines) is 1. The molecule has 0 aliphatic carbocycles. The Morgan fingerprint density at radius 3 is 2.79 bits per heavy atom. The van der Waals surface area contributed by atoms with Gasteiger partial charge in [0, 0.05) is 50.3 Å². The molecule has 0 aromatic carbocycles. The molecule has 24 heavy (non-hydrogen) atoms. The van der Waals surface area contributed by atoms with Gasteiger partial charge in [-0.15, -0.1) is 0 Å². The summed E-state index contributed by atoms with van der Waals surface area (Å²) in [5.41, 5.74) is 3.19. The van der Waals surface area contributed by atoms with Crippen molar-refractivity contribution in [1.29, 1.82) is 0 Å². The van der Waals surface area contributed by atoms with Crippen LogP contribution in [0.4, 0.5) is 0 Å². The molecule has 1 aliphatic heterocycles. The maximum atomic E-state index is 12.4. The first-order valence-corrected chi connectivity index (χ1v) is 8.34. The maximum absolute atomic E-state index is 12.4. The number of carbonyl (C=O) groups is 1. The van der Waals surface area contributed by atoms with Gasteiger partial charge in [0.1, 0.15) is 12.4 Å². The highest BCUT2D eigenvalue weighted by atomic mass is 16.5. The lowest BCUT2D eigenvalue weighted by atomic mass is 10.0. The Kier molecular flexibility index (Phi) is 5.08. The van der Waals surface area contributed by atoms with Crippen LogP contribution in [0.1, 0.15) is 36.2 Å². The number of H-pyrrole nitrogens is 1. The average Bonchev–Trinajstić information content (AvgIpc) is 2.92. The Bertz CT molecular complexity index is 658. The van der Waals surface area contributed by atoms with Crippen molar-refractivity contribution < 1.29 is 9.53 Å².